The van der Waals surface area contributed by atoms with Gasteiger partial charge in [0.15, 0.2) is 5.96 Å². The molecule has 0 bridgehead atoms. The van der Waals surface area contributed by atoms with Crippen LogP contribution < -0.4 is 37.9 Å². The van der Waals surface area contributed by atoms with E-state index >= 15 is 0 Å². The largest absolute Gasteiger partial charge is 0.497 e. The van der Waals surface area contributed by atoms with Gasteiger partial charge in [0.05, 0.1) is 24.4 Å². The summed E-state index contributed by atoms with van der Waals surface area (Å²) in [5, 5.41) is 10.3. The van der Waals surface area contributed by atoms with Crippen LogP contribution in [0.15, 0.2) is 65.8 Å². The Morgan fingerprint density at radius 1 is 1.02 bits per heavy atom. The molecule has 3 aromatic rings. The van der Waals surface area contributed by atoms with Gasteiger partial charge in [-0.15, -0.1) is 0 Å². The highest BCUT2D eigenvalue weighted by Crippen LogP contribution is 2.28. The fourth-order valence-electron chi connectivity index (χ4n) is 4.49. The van der Waals surface area contributed by atoms with Crippen LogP contribution in [0.1, 0.15) is 38.2 Å². The number of rotatable bonds is 16. The number of benzene rings is 2. The second kappa shape index (κ2) is 16.0. The van der Waals surface area contributed by atoms with E-state index in [1.807, 2.05) is 54.6 Å². The molecule has 0 aliphatic heterocycles. The Balaban J connectivity index is 1.51. The third-order valence-corrected chi connectivity index (χ3v) is 6.64. The molecule has 0 fully saturated rings. The van der Waals surface area contributed by atoms with Crippen molar-refractivity contribution in [2.75, 3.05) is 25.5 Å². The molecule has 41 heavy (non-hydrogen) atoms. The van der Waals surface area contributed by atoms with Gasteiger partial charge in [0.1, 0.15) is 11.8 Å². The summed E-state index contributed by atoms with van der Waals surface area (Å²) in [6.45, 7) is 2.89. The number of aliphatic imine (C=N–C) groups is 1. The standard InChI is InChI=1S/C30H42N8O3/c1-20(37-26-19-23(41-2)18-22-12-7-14-34-27(22)26)9-6-15-35-29(40)25(13-8-16-36-30(32)33)38-28(39)24(31)17-21-10-4-3-5-11-21/h3-5,7,10-12,14,18-20,24-25,37H,6,8-9,13,15-17,31H2,1-2H3,(H,35,40)(H,38,39)(H4,32,33,36)/t20?,24-,25-/m0/s1. The summed E-state index contributed by atoms with van der Waals surface area (Å²) in [6.07, 6.45) is 4.57. The molecule has 220 valence electrons. The monoisotopic (exact) mass is 562 g/mol. The van der Waals surface area contributed by atoms with Gasteiger partial charge in [0, 0.05) is 36.8 Å². The van der Waals surface area contributed by atoms with E-state index in [9.17, 15) is 9.59 Å². The van der Waals surface area contributed by atoms with Crippen LogP contribution in [-0.4, -0.2) is 61.1 Å². The second-order valence-electron chi connectivity index (χ2n) is 10.0. The van der Waals surface area contributed by atoms with E-state index in [1.165, 1.54) is 0 Å². The number of pyridine rings is 1. The van der Waals surface area contributed by atoms with Crippen LogP contribution in [0.3, 0.4) is 0 Å². The third-order valence-electron chi connectivity index (χ3n) is 6.64. The summed E-state index contributed by atoms with van der Waals surface area (Å²) in [7, 11) is 1.64. The lowest BCUT2D eigenvalue weighted by molar-refractivity contribution is -0.129. The number of amides is 2. The smallest absolute Gasteiger partial charge is 0.242 e. The van der Waals surface area contributed by atoms with Gasteiger partial charge in [-0.3, -0.25) is 19.6 Å². The number of hydrogen-bond acceptors (Lipinski definition) is 7. The summed E-state index contributed by atoms with van der Waals surface area (Å²) in [4.78, 5) is 34.4. The molecule has 9 N–H and O–H groups in total. The molecule has 1 heterocycles. The number of aromatic nitrogens is 1. The lowest BCUT2D eigenvalue weighted by Gasteiger charge is -2.21. The van der Waals surface area contributed by atoms with Crippen molar-refractivity contribution >= 4 is 34.4 Å². The molecule has 11 heteroatoms. The average Bonchev–Trinajstić information content (AvgIpc) is 2.96. The first-order chi connectivity index (χ1) is 19.8. The normalized spacial score (nSPS) is 13.0. The molecule has 2 aromatic carbocycles. The molecule has 0 aliphatic rings. The molecule has 0 radical (unpaired) electrons. The number of fused-ring (bicyclic) bond motifs is 1. The number of hydrogen-bond donors (Lipinski definition) is 6. The minimum absolute atomic E-state index is 0.0135. The first-order valence-corrected chi connectivity index (χ1v) is 13.9. The second-order valence-corrected chi connectivity index (χ2v) is 10.0. The highest BCUT2D eigenvalue weighted by molar-refractivity contribution is 5.92. The summed E-state index contributed by atoms with van der Waals surface area (Å²) in [5.74, 6) is 0.0932. The lowest BCUT2D eigenvalue weighted by atomic mass is 10.0. The topological polar surface area (TPSA) is 183 Å². The maximum absolute atomic E-state index is 13.1. The Hall–Kier alpha value is -4.38. The number of guanidine groups is 1. The van der Waals surface area contributed by atoms with Gasteiger partial charge in [-0.05, 0) is 56.7 Å². The van der Waals surface area contributed by atoms with Crippen molar-refractivity contribution in [3.63, 3.8) is 0 Å². The van der Waals surface area contributed by atoms with E-state index in [0.717, 1.165) is 40.7 Å². The predicted octanol–water partition coefficient (Wildman–Crippen LogP) is 2.05. The van der Waals surface area contributed by atoms with Crippen LogP contribution in [0.25, 0.3) is 10.9 Å². The highest BCUT2D eigenvalue weighted by Gasteiger charge is 2.23. The first kappa shape index (κ1) is 31.2. The molecule has 3 atom stereocenters. The van der Waals surface area contributed by atoms with Gasteiger partial charge in [-0.1, -0.05) is 36.4 Å². The molecule has 1 unspecified atom stereocenters. The van der Waals surface area contributed by atoms with E-state index < -0.39 is 12.1 Å². The van der Waals surface area contributed by atoms with Gasteiger partial charge in [-0.25, -0.2) is 0 Å². The third kappa shape index (κ3) is 10.3. The number of nitrogens with zero attached hydrogens (tertiary/aromatic N) is 2. The Morgan fingerprint density at radius 3 is 2.54 bits per heavy atom. The van der Waals surface area contributed by atoms with Crippen LogP contribution in [0.4, 0.5) is 5.69 Å². The molecule has 11 nitrogen and oxygen atoms in total. The van der Waals surface area contributed by atoms with Crippen molar-refractivity contribution in [1.82, 2.24) is 15.6 Å². The number of carbonyl (C=O) groups is 2. The minimum Gasteiger partial charge on any atom is -0.497 e. The quantitative estimate of drug-likeness (QED) is 0.0870. The fourth-order valence-corrected chi connectivity index (χ4v) is 4.49. The maximum Gasteiger partial charge on any atom is 0.242 e. The summed E-state index contributed by atoms with van der Waals surface area (Å²) in [6, 6.07) is 15.9. The number of anilines is 1. The first-order valence-electron chi connectivity index (χ1n) is 13.9. The van der Waals surface area contributed by atoms with E-state index in [2.05, 4.69) is 32.9 Å². The fraction of sp³-hybridized carbons (Fsp3) is 0.400. The van der Waals surface area contributed by atoms with E-state index in [0.29, 0.717) is 32.4 Å². The summed E-state index contributed by atoms with van der Waals surface area (Å²) < 4.78 is 5.44. The molecule has 1 aromatic heterocycles. The van der Waals surface area contributed by atoms with Crippen molar-refractivity contribution in [3.05, 3.63) is 66.4 Å². The van der Waals surface area contributed by atoms with Gasteiger partial charge in [0.2, 0.25) is 11.8 Å². The Kier molecular flexibility index (Phi) is 12.2. The molecular weight excluding hydrogens is 520 g/mol. The van der Waals surface area contributed by atoms with Crippen LogP contribution in [0.2, 0.25) is 0 Å². The van der Waals surface area contributed by atoms with Crippen LogP contribution in [0.5, 0.6) is 5.75 Å². The van der Waals surface area contributed by atoms with Crippen molar-refractivity contribution in [2.24, 2.45) is 22.2 Å². The maximum atomic E-state index is 13.1. The molecule has 2 amide bonds. The van der Waals surface area contributed by atoms with E-state index in [4.69, 9.17) is 21.9 Å². The zero-order chi connectivity index (χ0) is 29.6. The Morgan fingerprint density at radius 2 is 1.80 bits per heavy atom. The Labute approximate surface area is 241 Å². The minimum atomic E-state index is -0.778. The van der Waals surface area contributed by atoms with Crippen molar-refractivity contribution in [1.29, 1.82) is 0 Å². The molecule has 0 saturated carbocycles. The van der Waals surface area contributed by atoms with Crippen LogP contribution >= 0.6 is 0 Å². The predicted molar refractivity (Wildman–Crippen MR) is 164 cm³/mol. The molecule has 0 spiro atoms. The lowest BCUT2D eigenvalue weighted by Crippen LogP contribution is -2.52. The van der Waals surface area contributed by atoms with Crippen LogP contribution in [-0.2, 0) is 16.0 Å². The van der Waals surface area contributed by atoms with Gasteiger partial charge in [-0.2, -0.15) is 0 Å². The summed E-state index contributed by atoms with van der Waals surface area (Å²) in [5.41, 5.74) is 19.7. The summed E-state index contributed by atoms with van der Waals surface area (Å²) >= 11 is 0. The van der Waals surface area contributed by atoms with Crippen LogP contribution in [0, 0.1) is 0 Å². The van der Waals surface area contributed by atoms with Gasteiger partial charge < -0.3 is 37.9 Å². The highest BCUT2D eigenvalue weighted by atomic mass is 16.5. The number of nitrogens with two attached hydrogens (primary N) is 3. The van der Waals surface area contributed by atoms with Crippen molar-refractivity contribution < 1.29 is 14.3 Å². The zero-order valence-corrected chi connectivity index (χ0v) is 23.8. The molecule has 0 aliphatic carbocycles. The number of nitrogens with one attached hydrogen (secondary N) is 3. The SMILES string of the molecule is COc1cc(NC(C)CCCNC(=O)[C@H](CCCN=C(N)N)NC(=O)[C@@H](N)Cc2ccccc2)c2ncccc2c1. The van der Waals surface area contributed by atoms with Crippen molar-refractivity contribution in [3.8, 4) is 5.75 Å². The number of ether oxygens (including phenoxy) is 1. The average molecular weight is 563 g/mol. The molecular formula is C30H42N8O3. The van der Waals surface area contributed by atoms with Gasteiger partial charge in [0.25, 0.3) is 0 Å². The number of methoxy groups -OCH3 is 1. The number of carbonyl (C=O) groups excluding carboxylic acids is 2. The molecule has 3 rings (SSSR count). The molecule has 0 saturated heterocycles. The Bertz CT molecular complexity index is 1300. The van der Waals surface area contributed by atoms with E-state index in [1.54, 1.807) is 13.3 Å². The van der Waals surface area contributed by atoms with E-state index in [-0.39, 0.29) is 23.8 Å². The zero-order valence-electron chi connectivity index (χ0n) is 23.8. The van der Waals surface area contributed by atoms with Gasteiger partial charge >= 0.3 is 0 Å². The van der Waals surface area contributed by atoms with Crippen molar-refractivity contribution in [2.45, 2.75) is 57.2 Å².